The molecule has 1 unspecified atom stereocenters. The van der Waals surface area contributed by atoms with Crippen LogP contribution in [0.3, 0.4) is 0 Å². The first-order chi connectivity index (χ1) is 15.6. The lowest BCUT2D eigenvalue weighted by atomic mass is 10.0. The minimum atomic E-state index is 0.108. The molecule has 1 N–H and O–H groups in total. The number of hydrogen-bond acceptors (Lipinski definition) is 5. The number of aromatic nitrogens is 4. The van der Waals surface area contributed by atoms with Crippen molar-refractivity contribution in [2.45, 2.75) is 44.5 Å². The Morgan fingerprint density at radius 1 is 1.22 bits per heavy atom. The molecule has 1 saturated heterocycles. The van der Waals surface area contributed by atoms with Crippen molar-refractivity contribution in [3.05, 3.63) is 65.4 Å². The van der Waals surface area contributed by atoms with Crippen molar-refractivity contribution in [3.63, 3.8) is 0 Å². The van der Waals surface area contributed by atoms with Crippen LogP contribution in [0.4, 0.5) is 0 Å². The van der Waals surface area contributed by atoms with E-state index in [0.29, 0.717) is 12.3 Å². The molecular weight excluding hydrogens is 420 g/mol. The molecule has 0 aliphatic carbocycles. The normalized spacial score (nSPS) is 16.1. The second kappa shape index (κ2) is 8.92. The summed E-state index contributed by atoms with van der Waals surface area (Å²) in [6.45, 7) is 5.46. The smallest absolute Gasteiger partial charge is 0.192 e. The van der Waals surface area contributed by atoms with E-state index in [2.05, 4.69) is 31.9 Å². The van der Waals surface area contributed by atoms with Gasteiger partial charge in [0.1, 0.15) is 0 Å². The summed E-state index contributed by atoms with van der Waals surface area (Å²) in [6.07, 6.45) is 4.22. The Morgan fingerprint density at radius 2 is 2.09 bits per heavy atom. The van der Waals surface area contributed by atoms with Crippen LogP contribution in [0.5, 0.6) is 0 Å². The largest absolute Gasteiger partial charge is 0.376 e. The van der Waals surface area contributed by atoms with Crippen LogP contribution < -0.4 is 0 Å². The van der Waals surface area contributed by atoms with Gasteiger partial charge in [-0.3, -0.25) is 9.36 Å². The van der Waals surface area contributed by atoms with Crippen molar-refractivity contribution in [2.75, 3.05) is 12.4 Å². The molecule has 4 aromatic rings. The Labute approximate surface area is 191 Å². The Morgan fingerprint density at radius 3 is 2.94 bits per heavy atom. The van der Waals surface area contributed by atoms with Gasteiger partial charge in [0.25, 0.3) is 0 Å². The fourth-order valence-corrected chi connectivity index (χ4v) is 5.08. The zero-order valence-corrected chi connectivity index (χ0v) is 19.1. The average molecular weight is 447 g/mol. The fraction of sp³-hybridized carbons (Fsp3) is 0.320. The molecule has 1 atom stereocenters. The summed E-state index contributed by atoms with van der Waals surface area (Å²) >= 11 is 1.45. The first-order valence-electron chi connectivity index (χ1n) is 10.9. The first-order valence-corrected chi connectivity index (χ1v) is 11.9. The standard InChI is InChI=1S/C25H26N4O2S/c1-16-9-10-17(2)20(12-16)23(30)15-32-25-28-27-24(29(25)14-18-6-5-11-31-18)21-13-26-22-8-4-3-7-19(21)22/h3-4,7-10,12-13,18,26H,5-6,11,14-15H2,1-2H3. The number of H-pyrrole nitrogens is 1. The monoisotopic (exact) mass is 446 g/mol. The van der Waals surface area contributed by atoms with Gasteiger partial charge in [0.2, 0.25) is 0 Å². The Hall–Kier alpha value is -2.90. The SMILES string of the molecule is Cc1ccc(C)c(C(=O)CSc2nnc(-c3c[nH]c4ccccc34)n2CC2CCCO2)c1. The Kier molecular flexibility index (Phi) is 5.85. The number of aryl methyl sites for hydroxylation is 2. The van der Waals surface area contributed by atoms with Gasteiger partial charge in [0.05, 0.1) is 18.4 Å². The van der Waals surface area contributed by atoms with Crippen molar-refractivity contribution in [2.24, 2.45) is 0 Å². The molecule has 5 rings (SSSR count). The zero-order chi connectivity index (χ0) is 22.1. The molecule has 3 heterocycles. The number of rotatable bonds is 7. The molecule has 32 heavy (non-hydrogen) atoms. The molecule has 1 fully saturated rings. The molecule has 0 bridgehead atoms. The third-order valence-corrected chi connectivity index (χ3v) is 6.95. The van der Waals surface area contributed by atoms with E-state index in [9.17, 15) is 4.79 Å². The van der Waals surface area contributed by atoms with Gasteiger partial charge in [-0.15, -0.1) is 10.2 Å². The van der Waals surface area contributed by atoms with E-state index in [1.165, 1.54) is 11.8 Å². The number of carbonyl (C=O) groups excluding carboxylic acids is 1. The van der Waals surface area contributed by atoms with Crippen LogP contribution in [-0.2, 0) is 11.3 Å². The summed E-state index contributed by atoms with van der Waals surface area (Å²) in [5.41, 5.74) is 4.94. The van der Waals surface area contributed by atoms with Crippen LogP contribution in [0.2, 0.25) is 0 Å². The minimum absolute atomic E-state index is 0.108. The Balaban J connectivity index is 1.45. The highest BCUT2D eigenvalue weighted by molar-refractivity contribution is 7.99. The molecular formula is C25H26N4O2S. The molecule has 2 aromatic heterocycles. The maximum Gasteiger partial charge on any atom is 0.192 e. The van der Waals surface area contributed by atoms with Crippen LogP contribution in [-0.4, -0.2) is 44.0 Å². The molecule has 0 spiro atoms. The summed E-state index contributed by atoms with van der Waals surface area (Å²) < 4.78 is 8.02. The highest BCUT2D eigenvalue weighted by atomic mass is 32.2. The van der Waals surface area contributed by atoms with Crippen molar-refractivity contribution >= 4 is 28.4 Å². The molecule has 0 saturated carbocycles. The lowest BCUT2D eigenvalue weighted by Gasteiger charge is -2.14. The summed E-state index contributed by atoms with van der Waals surface area (Å²) in [4.78, 5) is 16.3. The molecule has 6 nitrogen and oxygen atoms in total. The average Bonchev–Trinajstić information content (AvgIpc) is 3.54. The number of aromatic amines is 1. The number of carbonyl (C=O) groups is 1. The number of fused-ring (bicyclic) bond motifs is 1. The summed E-state index contributed by atoms with van der Waals surface area (Å²) in [5, 5.41) is 10.9. The quantitative estimate of drug-likeness (QED) is 0.312. The number of nitrogens with zero attached hydrogens (tertiary/aromatic N) is 3. The lowest BCUT2D eigenvalue weighted by Crippen LogP contribution is -2.17. The van der Waals surface area contributed by atoms with Crippen molar-refractivity contribution < 1.29 is 9.53 Å². The van der Waals surface area contributed by atoms with Crippen LogP contribution in [0, 0.1) is 13.8 Å². The van der Waals surface area contributed by atoms with E-state index in [-0.39, 0.29) is 11.9 Å². The molecule has 7 heteroatoms. The van der Waals surface area contributed by atoms with Crippen LogP contribution in [0.25, 0.3) is 22.3 Å². The van der Waals surface area contributed by atoms with Gasteiger partial charge in [0.15, 0.2) is 16.8 Å². The highest BCUT2D eigenvalue weighted by Crippen LogP contribution is 2.31. The van der Waals surface area contributed by atoms with Gasteiger partial charge in [-0.2, -0.15) is 0 Å². The van der Waals surface area contributed by atoms with Gasteiger partial charge in [0, 0.05) is 34.8 Å². The summed E-state index contributed by atoms with van der Waals surface area (Å²) in [7, 11) is 0. The zero-order valence-electron chi connectivity index (χ0n) is 18.3. The maximum absolute atomic E-state index is 12.9. The fourth-order valence-electron chi connectivity index (χ4n) is 4.25. The molecule has 2 aromatic carbocycles. The number of benzene rings is 2. The van der Waals surface area contributed by atoms with E-state index < -0.39 is 0 Å². The number of hydrogen-bond donors (Lipinski definition) is 1. The van der Waals surface area contributed by atoms with Crippen LogP contribution in [0.15, 0.2) is 53.8 Å². The number of nitrogens with one attached hydrogen (secondary N) is 1. The van der Waals surface area contributed by atoms with Crippen LogP contribution in [0.1, 0.15) is 34.3 Å². The van der Waals surface area contributed by atoms with Crippen LogP contribution >= 0.6 is 11.8 Å². The molecule has 0 radical (unpaired) electrons. The number of ketones is 1. The predicted molar refractivity (Wildman–Crippen MR) is 127 cm³/mol. The second-order valence-electron chi connectivity index (χ2n) is 8.33. The predicted octanol–water partition coefficient (Wildman–Crippen LogP) is 5.20. The molecule has 0 amide bonds. The second-order valence-corrected chi connectivity index (χ2v) is 9.27. The molecule has 1 aliphatic rings. The van der Waals surface area contributed by atoms with Gasteiger partial charge in [-0.25, -0.2) is 0 Å². The highest BCUT2D eigenvalue weighted by Gasteiger charge is 2.23. The Bertz CT molecular complexity index is 1270. The van der Waals surface area contributed by atoms with Crippen molar-refractivity contribution in [1.29, 1.82) is 0 Å². The summed E-state index contributed by atoms with van der Waals surface area (Å²) in [6, 6.07) is 14.2. The summed E-state index contributed by atoms with van der Waals surface area (Å²) in [5.74, 6) is 1.23. The van der Waals surface area contributed by atoms with E-state index in [1.54, 1.807) is 0 Å². The molecule has 1 aliphatic heterocycles. The van der Waals surface area contributed by atoms with E-state index in [0.717, 1.165) is 63.6 Å². The number of thioether (sulfide) groups is 1. The topological polar surface area (TPSA) is 72.8 Å². The van der Waals surface area contributed by atoms with Gasteiger partial charge in [-0.05, 0) is 44.4 Å². The van der Waals surface area contributed by atoms with Crippen molar-refractivity contribution in [3.8, 4) is 11.4 Å². The van der Waals surface area contributed by atoms with E-state index in [1.807, 2.05) is 50.4 Å². The van der Waals surface area contributed by atoms with Gasteiger partial charge in [-0.1, -0.05) is 47.7 Å². The number of para-hydroxylation sites is 1. The third kappa shape index (κ3) is 4.10. The number of ether oxygens (including phenoxy) is 1. The van der Waals surface area contributed by atoms with Gasteiger partial charge >= 0.3 is 0 Å². The number of Topliss-reactive ketones (excluding diaryl/α,β-unsaturated/α-hetero) is 1. The lowest BCUT2D eigenvalue weighted by molar-refractivity contribution is 0.0953. The minimum Gasteiger partial charge on any atom is -0.376 e. The van der Waals surface area contributed by atoms with Crippen molar-refractivity contribution in [1.82, 2.24) is 19.7 Å². The van der Waals surface area contributed by atoms with E-state index in [4.69, 9.17) is 4.74 Å². The first kappa shape index (κ1) is 21.0. The van der Waals surface area contributed by atoms with E-state index >= 15 is 0 Å². The maximum atomic E-state index is 12.9. The van der Waals surface area contributed by atoms with Gasteiger partial charge < -0.3 is 9.72 Å². The third-order valence-electron chi connectivity index (χ3n) is 5.98. The molecule has 164 valence electrons.